The molecule has 0 aromatic heterocycles. The van der Waals surface area contributed by atoms with Gasteiger partial charge in [0, 0.05) is 30.1 Å². The van der Waals surface area contributed by atoms with Crippen LogP contribution in [-0.4, -0.2) is 36.6 Å². The Balaban J connectivity index is 1.79. The first kappa shape index (κ1) is 13.8. The van der Waals surface area contributed by atoms with Crippen LogP contribution in [0.15, 0.2) is 18.2 Å². The molecular weight excluding hydrogens is 281 g/mol. The number of hydrogen-bond acceptors (Lipinski definition) is 2. The minimum atomic E-state index is -0.507. The predicted octanol–water partition coefficient (Wildman–Crippen LogP) is 3.12. The van der Waals surface area contributed by atoms with Gasteiger partial charge in [0.1, 0.15) is 5.82 Å². The maximum absolute atomic E-state index is 13.8. The van der Waals surface area contributed by atoms with Gasteiger partial charge in [0.2, 0.25) is 0 Å². The Morgan fingerprint density at radius 1 is 1.40 bits per heavy atom. The van der Waals surface area contributed by atoms with Crippen molar-refractivity contribution in [3.05, 3.63) is 34.6 Å². The van der Waals surface area contributed by atoms with E-state index < -0.39 is 5.82 Å². The minimum absolute atomic E-state index is 0.0725. The van der Waals surface area contributed by atoms with Crippen molar-refractivity contribution < 1.29 is 13.9 Å². The smallest absolute Gasteiger partial charge is 0.257 e. The van der Waals surface area contributed by atoms with E-state index in [-0.39, 0.29) is 17.5 Å². The molecule has 108 valence electrons. The highest BCUT2D eigenvalue weighted by molar-refractivity contribution is 6.31. The van der Waals surface area contributed by atoms with Crippen LogP contribution in [0.3, 0.4) is 0 Å². The Hall–Kier alpha value is -1.13. The highest BCUT2D eigenvalue weighted by atomic mass is 35.5. The fraction of sp³-hybridized carbons (Fsp3) is 0.533. The number of halogens is 2. The third-order valence-electron chi connectivity index (χ3n) is 3.89. The molecule has 1 unspecified atom stereocenters. The molecule has 1 aliphatic heterocycles. The average Bonchev–Trinajstić information content (AvgIpc) is 3.15. The predicted molar refractivity (Wildman–Crippen MR) is 74.4 cm³/mol. The van der Waals surface area contributed by atoms with Crippen molar-refractivity contribution >= 4 is 17.5 Å². The highest BCUT2D eigenvalue weighted by Crippen LogP contribution is 2.31. The molecule has 0 N–H and O–H groups in total. The van der Waals surface area contributed by atoms with Crippen LogP contribution in [-0.2, 0) is 4.74 Å². The lowest BCUT2D eigenvalue weighted by molar-refractivity contribution is 0.0701. The van der Waals surface area contributed by atoms with Crippen LogP contribution in [0.5, 0.6) is 0 Å². The number of hydrogen-bond donors (Lipinski definition) is 0. The summed E-state index contributed by atoms with van der Waals surface area (Å²) in [6.45, 7) is 2.09. The second kappa shape index (κ2) is 5.70. The van der Waals surface area contributed by atoms with Gasteiger partial charge in [-0.3, -0.25) is 4.79 Å². The van der Waals surface area contributed by atoms with E-state index in [1.807, 2.05) is 0 Å². The summed E-state index contributed by atoms with van der Waals surface area (Å²) in [5.41, 5.74) is 0.0725. The van der Waals surface area contributed by atoms with Crippen LogP contribution in [0, 0.1) is 11.7 Å². The Morgan fingerprint density at radius 2 is 2.20 bits per heavy atom. The normalized spacial score (nSPS) is 22.0. The van der Waals surface area contributed by atoms with Crippen molar-refractivity contribution in [2.24, 2.45) is 5.92 Å². The zero-order valence-electron chi connectivity index (χ0n) is 11.1. The number of nitrogens with zero attached hydrogens (tertiary/aromatic N) is 1. The molecule has 2 fully saturated rings. The molecule has 1 saturated heterocycles. The molecule has 3 rings (SSSR count). The summed E-state index contributed by atoms with van der Waals surface area (Å²) < 4.78 is 19.2. The lowest BCUT2D eigenvalue weighted by Gasteiger charge is -2.25. The fourth-order valence-electron chi connectivity index (χ4n) is 2.61. The number of amides is 1. The van der Waals surface area contributed by atoms with E-state index in [1.165, 1.54) is 18.2 Å². The SMILES string of the molecule is O=C(c1cc(Cl)ccc1F)N(CC1CCOC1)C1CC1. The van der Waals surface area contributed by atoms with Gasteiger partial charge in [-0.25, -0.2) is 4.39 Å². The van der Waals surface area contributed by atoms with E-state index in [0.717, 1.165) is 25.9 Å². The van der Waals surface area contributed by atoms with E-state index in [0.29, 0.717) is 24.1 Å². The summed E-state index contributed by atoms with van der Waals surface area (Å²) in [6, 6.07) is 4.38. The molecule has 2 aliphatic rings. The maximum atomic E-state index is 13.8. The van der Waals surface area contributed by atoms with Gasteiger partial charge in [-0.05, 0) is 37.5 Å². The lowest BCUT2D eigenvalue weighted by atomic mass is 10.1. The number of benzene rings is 1. The van der Waals surface area contributed by atoms with Crippen LogP contribution >= 0.6 is 11.6 Å². The van der Waals surface area contributed by atoms with Gasteiger partial charge < -0.3 is 9.64 Å². The maximum Gasteiger partial charge on any atom is 0.257 e. The summed E-state index contributed by atoms with van der Waals surface area (Å²) in [5.74, 6) is -0.395. The molecule has 3 nitrogen and oxygen atoms in total. The first-order chi connectivity index (χ1) is 9.65. The summed E-state index contributed by atoms with van der Waals surface area (Å²) in [5, 5.41) is 0.384. The zero-order chi connectivity index (χ0) is 14.1. The summed E-state index contributed by atoms with van der Waals surface area (Å²) in [7, 11) is 0. The van der Waals surface area contributed by atoms with E-state index in [2.05, 4.69) is 0 Å². The van der Waals surface area contributed by atoms with Crippen LogP contribution in [0.1, 0.15) is 29.6 Å². The van der Waals surface area contributed by atoms with Crippen molar-refractivity contribution in [2.45, 2.75) is 25.3 Å². The number of ether oxygens (including phenoxy) is 1. The zero-order valence-corrected chi connectivity index (χ0v) is 11.9. The van der Waals surface area contributed by atoms with Gasteiger partial charge in [0.15, 0.2) is 0 Å². The van der Waals surface area contributed by atoms with E-state index in [9.17, 15) is 9.18 Å². The molecule has 0 bridgehead atoms. The third-order valence-corrected chi connectivity index (χ3v) is 4.12. The van der Waals surface area contributed by atoms with Crippen LogP contribution < -0.4 is 0 Å². The molecule has 0 radical (unpaired) electrons. The number of carbonyl (C=O) groups is 1. The molecule has 1 saturated carbocycles. The van der Waals surface area contributed by atoms with Crippen molar-refractivity contribution in [1.82, 2.24) is 4.90 Å². The number of rotatable bonds is 4. The van der Waals surface area contributed by atoms with E-state index in [4.69, 9.17) is 16.3 Å². The summed E-state index contributed by atoms with van der Waals surface area (Å²) >= 11 is 5.87. The van der Waals surface area contributed by atoms with Gasteiger partial charge in [-0.2, -0.15) is 0 Å². The molecule has 5 heteroatoms. The Morgan fingerprint density at radius 3 is 2.85 bits per heavy atom. The first-order valence-electron chi connectivity index (χ1n) is 6.99. The van der Waals surface area contributed by atoms with Crippen molar-refractivity contribution in [1.29, 1.82) is 0 Å². The minimum Gasteiger partial charge on any atom is -0.381 e. The van der Waals surface area contributed by atoms with Gasteiger partial charge in [-0.15, -0.1) is 0 Å². The largest absolute Gasteiger partial charge is 0.381 e. The molecule has 1 amide bonds. The van der Waals surface area contributed by atoms with Gasteiger partial charge in [0.05, 0.1) is 12.2 Å². The molecule has 1 aliphatic carbocycles. The standard InChI is InChI=1S/C15H17ClFNO2/c16-11-1-4-14(17)13(7-11)15(19)18(12-2-3-12)8-10-5-6-20-9-10/h1,4,7,10,12H,2-3,5-6,8-9H2. The highest BCUT2D eigenvalue weighted by Gasteiger charge is 2.36. The summed E-state index contributed by atoms with van der Waals surface area (Å²) in [6.07, 6.45) is 2.97. The van der Waals surface area contributed by atoms with Crippen molar-refractivity contribution in [2.75, 3.05) is 19.8 Å². The molecule has 1 atom stereocenters. The van der Waals surface area contributed by atoms with Crippen LogP contribution in [0.2, 0.25) is 5.02 Å². The molecule has 1 aromatic rings. The van der Waals surface area contributed by atoms with Crippen LogP contribution in [0.4, 0.5) is 4.39 Å². The van der Waals surface area contributed by atoms with Crippen molar-refractivity contribution in [3.8, 4) is 0 Å². The van der Waals surface area contributed by atoms with Gasteiger partial charge in [0.25, 0.3) is 5.91 Å². The number of carbonyl (C=O) groups excluding carboxylic acids is 1. The van der Waals surface area contributed by atoms with Gasteiger partial charge in [-0.1, -0.05) is 11.6 Å². The summed E-state index contributed by atoms with van der Waals surface area (Å²) in [4.78, 5) is 14.4. The Kier molecular flexibility index (Phi) is 3.94. The Labute approximate surface area is 122 Å². The van der Waals surface area contributed by atoms with E-state index >= 15 is 0 Å². The first-order valence-corrected chi connectivity index (χ1v) is 7.36. The van der Waals surface area contributed by atoms with Gasteiger partial charge >= 0.3 is 0 Å². The molecule has 1 heterocycles. The van der Waals surface area contributed by atoms with Crippen LogP contribution in [0.25, 0.3) is 0 Å². The second-order valence-corrected chi connectivity index (χ2v) is 5.98. The monoisotopic (exact) mass is 297 g/mol. The van der Waals surface area contributed by atoms with Crippen molar-refractivity contribution in [3.63, 3.8) is 0 Å². The third kappa shape index (κ3) is 2.96. The lowest BCUT2D eigenvalue weighted by Crippen LogP contribution is -2.37. The topological polar surface area (TPSA) is 29.5 Å². The average molecular weight is 298 g/mol. The fourth-order valence-corrected chi connectivity index (χ4v) is 2.78. The molecular formula is C15H17ClFNO2. The molecule has 20 heavy (non-hydrogen) atoms. The quantitative estimate of drug-likeness (QED) is 0.854. The Bertz CT molecular complexity index is 513. The molecule has 0 spiro atoms. The second-order valence-electron chi connectivity index (χ2n) is 5.54. The molecule has 1 aromatic carbocycles. The van der Waals surface area contributed by atoms with E-state index in [1.54, 1.807) is 4.90 Å².